The Morgan fingerprint density at radius 2 is 1.84 bits per heavy atom. The van der Waals surface area contributed by atoms with E-state index in [9.17, 15) is 20.0 Å². The molecule has 0 atom stereocenters. The Balaban J connectivity index is 1.81. The maximum absolute atomic E-state index is 12.9. The van der Waals surface area contributed by atoms with Crippen molar-refractivity contribution in [3.05, 3.63) is 89.9 Å². The summed E-state index contributed by atoms with van der Waals surface area (Å²) in [5, 5.41) is 26.1. The fourth-order valence-corrected chi connectivity index (χ4v) is 3.70. The lowest BCUT2D eigenvalue weighted by Crippen LogP contribution is -2.38. The number of pyridine rings is 1. The predicted octanol–water partition coefficient (Wildman–Crippen LogP) is 4.55. The number of nitrogens with zero attached hydrogens (tertiary/aromatic N) is 2. The zero-order valence-corrected chi connectivity index (χ0v) is 21.0. The number of hydrogen-bond donors (Lipinski definition) is 4. The first kappa shape index (κ1) is 26.1. The van der Waals surface area contributed by atoms with Gasteiger partial charge in [-0.15, -0.1) is 0 Å². The molecule has 0 aliphatic carbocycles. The number of phenols is 1. The number of rotatable bonds is 8. The Bertz CT molecular complexity index is 1520. The van der Waals surface area contributed by atoms with Gasteiger partial charge in [-0.2, -0.15) is 5.26 Å². The summed E-state index contributed by atoms with van der Waals surface area (Å²) in [6, 6.07) is 20.2. The molecule has 9 heteroatoms. The van der Waals surface area contributed by atoms with E-state index >= 15 is 0 Å². The highest BCUT2D eigenvalue weighted by Gasteiger charge is 2.21. The van der Waals surface area contributed by atoms with Gasteiger partial charge in [0.05, 0.1) is 12.0 Å². The van der Waals surface area contributed by atoms with Gasteiger partial charge in [0.1, 0.15) is 17.4 Å². The third kappa shape index (κ3) is 5.72. The van der Waals surface area contributed by atoms with Crippen molar-refractivity contribution in [2.45, 2.75) is 13.8 Å². The van der Waals surface area contributed by atoms with Crippen LogP contribution in [0.1, 0.15) is 40.3 Å². The average molecular weight is 510 g/mol. The van der Waals surface area contributed by atoms with E-state index in [0.29, 0.717) is 41.0 Å². The van der Waals surface area contributed by atoms with Gasteiger partial charge in [0, 0.05) is 23.2 Å². The minimum absolute atomic E-state index is 0.01000. The molecule has 4 rings (SSSR count). The zero-order chi connectivity index (χ0) is 27.3. The van der Waals surface area contributed by atoms with Crippen LogP contribution in [0.2, 0.25) is 0 Å². The van der Waals surface area contributed by atoms with Gasteiger partial charge >= 0.3 is 0 Å². The molecule has 0 bridgehead atoms. The molecular weight excluding hydrogens is 482 g/mol. The number of nitrogens with one attached hydrogen (secondary N) is 2. The summed E-state index contributed by atoms with van der Waals surface area (Å²) in [6.07, 6.45) is 1.36. The molecule has 0 unspecified atom stereocenters. The first-order chi connectivity index (χ1) is 18.2. The van der Waals surface area contributed by atoms with Crippen LogP contribution >= 0.6 is 0 Å². The van der Waals surface area contributed by atoms with Crippen molar-refractivity contribution >= 4 is 17.6 Å². The van der Waals surface area contributed by atoms with Crippen LogP contribution in [0.5, 0.6) is 5.75 Å². The van der Waals surface area contributed by atoms with E-state index in [2.05, 4.69) is 21.7 Å². The number of para-hydroxylation sites is 1. The molecule has 2 amide bonds. The van der Waals surface area contributed by atoms with E-state index in [1.807, 2.05) is 13.8 Å². The standard InChI is InChI=1S/C29H27N5O4/c1-29(2,16-31)17-32-27(36)19-8-5-7-18(13-19)21-14-23(20-9-3-4-10-24(20)35)33-26(22(21)15-30)34-28(37)25-11-6-12-38-25/h3-14,35H,16-17,31H2,1-2H3,(H,32,36)(H,33,34,37). The summed E-state index contributed by atoms with van der Waals surface area (Å²) >= 11 is 0. The van der Waals surface area contributed by atoms with Crippen LogP contribution in [0.3, 0.4) is 0 Å². The Labute approximate surface area is 219 Å². The molecule has 0 fully saturated rings. The van der Waals surface area contributed by atoms with Crippen molar-refractivity contribution in [2.75, 3.05) is 18.4 Å². The van der Waals surface area contributed by atoms with Gasteiger partial charge < -0.3 is 25.9 Å². The number of aromatic nitrogens is 1. The number of anilines is 1. The van der Waals surface area contributed by atoms with E-state index in [0.717, 1.165) is 0 Å². The van der Waals surface area contributed by atoms with Crippen LogP contribution in [0.4, 0.5) is 5.82 Å². The molecule has 2 aromatic heterocycles. The summed E-state index contributed by atoms with van der Waals surface area (Å²) in [5.41, 5.74) is 7.70. The summed E-state index contributed by atoms with van der Waals surface area (Å²) in [6.45, 7) is 4.72. The third-order valence-corrected chi connectivity index (χ3v) is 6.00. The third-order valence-electron chi connectivity index (χ3n) is 6.00. The van der Waals surface area contributed by atoms with Crippen molar-refractivity contribution < 1.29 is 19.1 Å². The van der Waals surface area contributed by atoms with Gasteiger partial charge in [-0.05, 0) is 60.0 Å². The van der Waals surface area contributed by atoms with E-state index in [4.69, 9.17) is 10.2 Å². The average Bonchev–Trinajstić information content (AvgIpc) is 3.47. The number of phenolic OH excluding ortho intramolecular Hbond substituents is 1. The van der Waals surface area contributed by atoms with Crippen LogP contribution in [0, 0.1) is 16.7 Å². The highest BCUT2D eigenvalue weighted by molar-refractivity contribution is 6.03. The maximum atomic E-state index is 12.9. The molecule has 4 aromatic rings. The maximum Gasteiger partial charge on any atom is 0.292 e. The number of nitrogens with two attached hydrogens (primary N) is 1. The minimum atomic E-state index is -0.588. The van der Waals surface area contributed by atoms with Gasteiger partial charge in [0.2, 0.25) is 0 Å². The molecule has 9 nitrogen and oxygen atoms in total. The Morgan fingerprint density at radius 3 is 2.53 bits per heavy atom. The topological polar surface area (TPSA) is 154 Å². The molecular formula is C29H27N5O4. The largest absolute Gasteiger partial charge is 0.507 e. The predicted molar refractivity (Wildman–Crippen MR) is 143 cm³/mol. The summed E-state index contributed by atoms with van der Waals surface area (Å²) < 4.78 is 5.17. The minimum Gasteiger partial charge on any atom is -0.507 e. The number of hydrogen-bond acceptors (Lipinski definition) is 7. The Morgan fingerprint density at radius 1 is 1.05 bits per heavy atom. The quantitative estimate of drug-likeness (QED) is 0.272. The summed E-state index contributed by atoms with van der Waals surface area (Å²) in [5.74, 6) is -0.855. The lowest BCUT2D eigenvalue weighted by Gasteiger charge is -2.22. The van der Waals surface area contributed by atoms with Crippen molar-refractivity contribution in [3.63, 3.8) is 0 Å². The number of amides is 2. The SMILES string of the molecule is CC(C)(CN)CNC(=O)c1cccc(-c2cc(-c3ccccc3O)nc(NC(=O)c3ccco3)c2C#N)c1. The number of furan rings is 1. The van der Waals surface area contributed by atoms with Crippen molar-refractivity contribution in [1.82, 2.24) is 10.3 Å². The smallest absolute Gasteiger partial charge is 0.292 e. The zero-order valence-electron chi connectivity index (χ0n) is 21.0. The molecule has 2 aromatic carbocycles. The molecule has 0 aliphatic heterocycles. The van der Waals surface area contributed by atoms with E-state index in [-0.39, 0.29) is 34.2 Å². The van der Waals surface area contributed by atoms with Gasteiger partial charge in [-0.1, -0.05) is 38.1 Å². The molecule has 0 saturated carbocycles. The van der Waals surface area contributed by atoms with Gasteiger partial charge in [-0.25, -0.2) is 4.98 Å². The molecule has 0 saturated heterocycles. The van der Waals surface area contributed by atoms with Crippen LogP contribution < -0.4 is 16.4 Å². The Kier molecular flexibility index (Phi) is 7.55. The number of carbonyl (C=O) groups is 2. The number of nitriles is 1. The second-order valence-corrected chi connectivity index (χ2v) is 9.47. The van der Waals surface area contributed by atoms with Gasteiger partial charge in [-0.3, -0.25) is 9.59 Å². The molecule has 38 heavy (non-hydrogen) atoms. The molecule has 0 aliphatic rings. The summed E-state index contributed by atoms with van der Waals surface area (Å²) in [4.78, 5) is 30.1. The van der Waals surface area contributed by atoms with Gasteiger partial charge in [0.25, 0.3) is 11.8 Å². The highest BCUT2D eigenvalue weighted by atomic mass is 16.3. The van der Waals surface area contributed by atoms with E-state index < -0.39 is 5.91 Å². The van der Waals surface area contributed by atoms with E-state index in [1.54, 1.807) is 54.6 Å². The Hall–Kier alpha value is -4.94. The highest BCUT2D eigenvalue weighted by Crippen LogP contribution is 2.35. The number of aromatic hydroxyl groups is 1. The number of benzene rings is 2. The molecule has 0 radical (unpaired) electrons. The second-order valence-electron chi connectivity index (χ2n) is 9.47. The second kappa shape index (κ2) is 11.0. The number of carbonyl (C=O) groups excluding carboxylic acids is 2. The first-order valence-electron chi connectivity index (χ1n) is 11.9. The lowest BCUT2D eigenvalue weighted by molar-refractivity contribution is 0.0937. The fraction of sp³-hybridized carbons (Fsp3) is 0.172. The van der Waals surface area contributed by atoms with Crippen molar-refractivity contribution in [2.24, 2.45) is 11.1 Å². The van der Waals surface area contributed by atoms with Gasteiger partial charge in [0.15, 0.2) is 11.6 Å². The van der Waals surface area contributed by atoms with Crippen LogP contribution in [-0.2, 0) is 0 Å². The van der Waals surface area contributed by atoms with Crippen LogP contribution in [-0.4, -0.2) is 35.0 Å². The molecule has 5 N–H and O–H groups in total. The molecule has 192 valence electrons. The fourth-order valence-electron chi connectivity index (χ4n) is 3.70. The molecule has 2 heterocycles. The molecule has 0 spiro atoms. The van der Waals surface area contributed by atoms with Crippen molar-refractivity contribution in [3.8, 4) is 34.2 Å². The summed E-state index contributed by atoms with van der Waals surface area (Å²) in [7, 11) is 0. The first-order valence-corrected chi connectivity index (χ1v) is 11.9. The van der Waals surface area contributed by atoms with Crippen LogP contribution in [0.15, 0.2) is 77.4 Å². The van der Waals surface area contributed by atoms with Crippen molar-refractivity contribution in [1.29, 1.82) is 5.26 Å². The lowest BCUT2D eigenvalue weighted by atomic mass is 9.93. The van der Waals surface area contributed by atoms with Crippen LogP contribution in [0.25, 0.3) is 22.4 Å². The van der Waals surface area contributed by atoms with E-state index in [1.165, 1.54) is 18.4 Å². The monoisotopic (exact) mass is 509 g/mol. The normalized spacial score (nSPS) is 11.0.